The maximum absolute atomic E-state index is 13.0. The monoisotopic (exact) mass is 224 g/mol. The Morgan fingerprint density at radius 2 is 1.93 bits per heavy atom. The summed E-state index contributed by atoms with van der Waals surface area (Å²) < 4.78 is 52.4. The number of halogens is 4. The molecular weight excluding hydrogens is 216 g/mol. The number of alkyl halides is 3. The molecule has 84 valence electrons. The molecule has 0 unspecified atom stereocenters. The predicted octanol–water partition coefficient (Wildman–Crippen LogP) is 2.26. The Kier molecular flexibility index (Phi) is 3.52. The van der Waals surface area contributed by atoms with Gasteiger partial charge in [0.25, 0.3) is 0 Å². The Balaban J connectivity index is 2.70. The van der Waals surface area contributed by atoms with Crippen molar-refractivity contribution < 1.29 is 27.4 Å². The SMILES string of the molecule is OCc1ccc(OCC(F)(F)F)c(F)c1. The number of ether oxygens (including phenoxy) is 1. The number of hydrogen-bond acceptors (Lipinski definition) is 2. The van der Waals surface area contributed by atoms with E-state index >= 15 is 0 Å². The normalized spacial score (nSPS) is 11.5. The standard InChI is InChI=1S/C9H8F4O2/c10-7-3-6(4-14)1-2-8(7)15-5-9(11,12)13/h1-3,14H,4-5H2. The fraction of sp³-hybridized carbons (Fsp3) is 0.333. The molecule has 0 saturated heterocycles. The summed E-state index contributed by atoms with van der Waals surface area (Å²) in [5.41, 5.74) is 0.270. The molecule has 0 spiro atoms. The molecule has 0 atom stereocenters. The number of hydrogen-bond donors (Lipinski definition) is 1. The molecular formula is C9H8F4O2. The van der Waals surface area contributed by atoms with Crippen LogP contribution in [-0.2, 0) is 6.61 Å². The smallest absolute Gasteiger partial charge is 0.422 e. The largest absolute Gasteiger partial charge is 0.481 e. The van der Waals surface area contributed by atoms with Crippen LogP contribution in [0.4, 0.5) is 17.6 Å². The van der Waals surface area contributed by atoms with E-state index in [2.05, 4.69) is 4.74 Å². The Hall–Kier alpha value is -1.30. The molecule has 1 N–H and O–H groups in total. The number of benzene rings is 1. The summed E-state index contributed by atoms with van der Waals surface area (Å²) in [6, 6.07) is 3.26. The van der Waals surface area contributed by atoms with Crippen LogP contribution >= 0.6 is 0 Å². The second kappa shape index (κ2) is 4.48. The van der Waals surface area contributed by atoms with Crippen LogP contribution in [0.15, 0.2) is 18.2 Å². The topological polar surface area (TPSA) is 29.5 Å². The van der Waals surface area contributed by atoms with Crippen molar-refractivity contribution in [1.29, 1.82) is 0 Å². The van der Waals surface area contributed by atoms with Gasteiger partial charge in [-0.15, -0.1) is 0 Å². The van der Waals surface area contributed by atoms with E-state index in [1.165, 1.54) is 6.07 Å². The molecule has 1 aromatic rings. The fourth-order valence-corrected chi connectivity index (χ4v) is 0.919. The van der Waals surface area contributed by atoms with E-state index in [4.69, 9.17) is 5.11 Å². The number of aliphatic hydroxyl groups is 1. The Labute approximate surface area is 83.1 Å². The summed E-state index contributed by atoms with van der Waals surface area (Å²) in [6.07, 6.45) is -4.50. The van der Waals surface area contributed by atoms with E-state index in [0.717, 1.165) is 12.1 Å². The van der Waals surface area contributed by atoms with Gasteiger partial charge in [0.15, 0.2) is 18.2 Å². The Bertz CT molecular complexity index is 335. The van der Waals surface area contributed by atoms with Crippen molar-refractivity contribution in [3.05, 3.63) is 29.6 Å². The number of aliphatic hydroxyl groups excluding tert-OH is 1. The highest BCUT2D eigenvalue weighted by atomic mass is 19.4. The zero-order valence-electron chi connectivity index (χ0n) is 7.51. The van der Waals surface area contributed by atoms with Gasteiger partial charge in [-0.1, -0.05) is 6.07 Å². The van der Waals surface area contributed by atoms with E-state index in [1.807, 2.05) is 0 Å². The van der Waals surface area contributed by atoms with Crippen LogP contribution in [0.3, 0.4) is 0 Å². The first-order valence-electron chi connectivity index (χ1n) is 4.01. The van der Waals surface area contributed by atoms with Gasteiger partial charge in [0.2, 0.25) is 0 Å². The van der Waals surface area contributed by atoms with Crippen LogP contribution in [0.25, 0.3) is 0 Å². The third kappa shape index (κ3) is 3.75. The number of rotatable bonds is 3. The summed E-state index contributed by atoms with van der Waals surface area (Å²) in [6.45, 7) is -1.92. The van der Waals surface area contributed by atoms with Gasteiger partial charge in [-0.3, -0.25) is 0 Å². The lowest BCUT2D eigenvalue weighted by Gasteiger charge is -2.10. The second-order valence-corrected chi connectivity index (χ2v) is 2.83. The molecule has 0 saturated carbocycles. The molecule has 0 aliphatic carbocycles. The van der Waals surface area contributed by atoms with Crippen molar-refractivity contribution in [3.8, 4) is 5.75 Å². The molecule has 0 aliphatic heterocycles. The molecule has 0 amide bonds. The fourth-order valence-electron chi connectivity index (χ4n) is 0.919. The van der Waals surface area contributed by atoms with E-state index in [9.17, 15) is 17.6 Å². The second-order valence-electron chi connectivity index (χ2n) is 2.83. The van der Waals surface area contributed by atoms with Crippen molar-refractivity contribution in [2.24, 2.45) is 0 Å². The molecule has 1 rings (SSSR count). The third-order valence-electron chi connectivity index (χ3n) is 1.57. The molecule has 2 nitrogen and oxygen atoms in total. The van der Waals surface area contributed by atoms with Gasteiger partial charge in [0, 0.05) is 0 Å². The predicted molar refractivity (Wildman–Crippen MR) is 43.9 cm³/mol. The molecule has 0 fully saturated rings. The van der Waals surface area contributed by atoms with Gasteiger partial charge in [0.05, 0.1) is 6.61 Å². The van der Waals surface area contributed by atoms with Crippen molar-refractivity contribution in [2.45, 2.75) is 12.8 Å². The lowest BCUT2D eigenvalue weighted by molar-refractivity contribution is -0.153. The van der Waals surface area contributed by atoms with Gasteiger partial charge >= 0.3 is 6.18 Å². The molecule has 0 aromatic heterocycles. The van der Waals surface area contributed by atoms with Crippen LogP contribution in [0, 0.1) is 5.82 Å². The quantitative estimate of drug-likeness (QED) is 0.798. The summed E-state index contributed by atoms with van der Waals surface area (Å²) in [4.78, 5) is 0. The van der Waals surface area contributed by atoms with Crippen LogP contribution < -0.4 is 4.74 Å². The van der Waals surface area contributed by atoms with E-state index in [-0.39, 0.29) is 12.2 Å². The molecule has 0 bridgehead atoms. The van der Waals surface area contributed by atoms with Crippen molar-refractivity contribution >= 4 is 0 Å². The molecule has 1 aromatic carbocycles. The Morgan fingerprint density at radius 1 is 1.27 bits per heavy atom. The zero-order valence-corrected chi connectivity index (χ0v) is 7.51. The first kappa shape index (κ1) is 11.8. The first-order chi connectivity index (χ1) is 6.92. The van der Waals surface area contributed by atoms with Crippen LogP contribution in [0.1, 0.15) is 5.56 Å². The maximum Gasteiger partial charge on any atom is 0.422 e. The van der Waals surface area contributed by atoms with E-state index in [0.29, 0.717) is 0 Å². The lowest BCUT2D eigenvalue weighted by Crippen LogP contribution is -2.19. The summed E-state index contributed by atoms with van der Waals surface area (Å²) in [7, 11) is 0. The highest BCUT2D eigenvalue weighted by Gasteiger charge is 2.28. The van der Waals surface area contributed by atoms with Gasteiger partial charge in [0.1, 0.15) is 0 Å². The Morgan fingerprint density at radius 3 is 2.40 bits per heavy atom. The van der Waals surface area contributed by atoms with E-state index < -0.39 is 24.3 Å². The summed E-state index contributed by atoms with van der Waals surface area (Å²) >= 11 is 0. The van der Waals surface area contributed by atoms with Crippen molar-refractivity contribution in [1.82, 2.24) is 0 Å². The minimum atomic E-state index is -4.50. The third-order valence-corrected chi connectivity index (χ3v) is 1.57. The maximum atomic E-state index is 13.0. The molecule has 15 heavy (non-hydrogen) atoms. The van der Waals surface area contributed by atoms with Crippen molar-refractivity contribution in [2.75, 3.05) is 6.61 Å². The minimum absolute atomic E-state index is 0.270. The van der Waals surface area contributed by atoms with E-state index in [1.54, 1.807) is 0 Å². The van der Waals surface area contributed by atoms with Crippen molar-refractivity contribution in [3.63, 3.8) is 0 Å². The average molecular weight is 224 g/mol. The minimum Gasteiger partial charge on any atom is -0.481 e. The van der Waals surface area contributed by atoms with Crippen LogP contribution in [0.2, 0.25) is 0 Å². The lowest BCUT2D eigenvalue weighted by atomic mass is 10.2. The summed E-state index contributed by atoms with van der Waals surface area (Å²) in [5, 5.41) is 8.62. The highest BCUT2D eigenvalue weighted by molar-refractivity contribution is 5.28. The average Bonchev–Trinajstić information content (AvgIpc) is 2.14. The molecule has 0 aliphatic rings. The van der Waals surface area contributed by atoms with Crippen LogP contribution in [0.5, 0.6) is 5.75 Å². The molecule has 0 heterocycles. The van der Waals surface area contributed by atoms with Gasteiger partial charge < -0.3 is 9.84 Å². The first-order valence-corrected chi connectivity index (χ1v) is 4.01. The molecule has 0 radical (unpaired) electrons. The van der Waals surface area contributed by atoms with Gasteiger partial charge in [-0.05, 0) is 17.7 Å². The van der Waals surface area contributed by atoms with Gasteiger partial charge in [-0.2, -0.15) is 13.2 Å². The molecule has 6 heteroatoms. The zero-order chi connectivity index (χ0) is 11.5. The van der Waals surface area contributed by atoms with Gasteiger partial charge in [-0.25, -0.2) is 4.39 Å². The highest BCUT2D eigenvalue weighted by Crippen LogP contribution is 2.22. The summed E-state index contributed by atoms with van der Waals surface area (Å²) in [5.74, 6) is -1.41. The van der Waals surface area contributed by atoms with Crippen LogP contribution in [-0.4, -0.2) is 17.9 Å².